The van der Waals surface area contributed by atoms with Gasteiger partial charge in [0.15, 0.2) is 0 Å². The first-order valence-corrected chi connectivity index (χ1v) is 11.8. The number of hydrogen-bond donors (Lipinski definition) is 2. The van der Waals surface area contributed by atoms with Gasteiger partial charge < -0.3 is 19.9 Å². The first kappa shape index (κ1) is 25.2. The molecule has 1 saturated heterocycles. The molecule has 0 radical (unpaired) electrons. The summed E-state index contributed by atoms with van der Waals surface area (Å²) in [5, 5.41) is 5.24. The maximum absolute atomic E-state index is 13.9. The summed E-state index contributed by atoms with van der Waals surface area (Å²) in [7, 11) is 0. The fourth-order valence-electron chi connectivity index (χ4n) is 4.10. The molecule has 2 heterocycles. The van der Waals surface area contributed by atoms with E-state index in [0.717, 1.165) is 12.8 Å². The molecule has 188 valence electrons. The zero-order chi connectivity index (χ0) is 25.5. The highest BCUT2D eigenvalue weighted by Gasteiger charge is 2.22. The Labute approximate surface area is 207 Å². The summed E-state index contributed by atoms with van der Waals surface area (Å²) in [6.45, 7) is 1.07. The molecule has 0 saturated carbocycles. The maximum atomic E-state index is 13.9. The lowest BCUT2D eigenvalue weighted by Crippen LogP contribution is -2.36. The van der Waals surface area contributed by atoms with Gasteiger partial charge in [-0.15, -0.1) is 0 Å². The normalized spacial score (nSPS) is 15.0. The molecule has 1 unspecified atom stereocenters. The van der Waals surface area contributed by atoms with Crippen LogP contribution in [0.2, 0.25) is 0 Å². The summed E-state index contributed by atoms with van der Waals surface area (Å²) in [6, 6.07) is 12.0. The highest BCUT2D eigenvalue weighted by Crippen LogP contribution is 2.15. The topological polar surface area (TPSA) is 89.4 Å². The third kappa shape index (κ3) is 6.42. The standard InChI is InChI=1S/C27H27F2N3O4/c28-20-7-3-5-18(13-20)10-11-30-26(34)22-16-32(15-21-8-4-12-36-21)17-23(25(22)33)27(35)31-14-19-6-1-2-9-24(19)29/h1-3,5-7,9,13,16-17,21H,4,8,10-12,14-15H2,(H,30,34)(H,31,35). The molecule has 7 nitrogen and oxygen atoms in total. The van der Waals surface area contributed by atoms with E-state index >= 15 is 0 Å². The molecule has 36 heavy (non-hydrogen) atoms. The number of aromatic nitrogens is 1. The molecule has 4 rings (SSSR count). The van der Waals surface area contributed by atoms with Gasteiger partial charge in [0.2, 0.25) is 5.43 Å². The second-order valence-corrected chi connectivity index (χ2v) is 8.66. The first-order valence-electron chi connectivity index (χ1n) is 11.8. The molecule has 0 spiro atoms. The molecule has 2 N–H and O–H groups in total. The van der Waals surface area contributed by atoms with E-state index in [1.165, 1.54) is 36.7 Å². The molecule has 2 amide bonds. The van der Waals surface area contributed by atoms with Crippen molar-refractivity contribution in [2.24, 2.45) is 0 Å². The zero-order valence-electron chi connectivity index (χ0n) is 19.6. The fraction of sp³-hybridized carbons (Fsp3) is 0.296. The van der Waals surface area contributed by atoms with Crippen LogP contribution in [0.4, 0.5) is 8.78 Å². The number of halogens is 2. The van der Waals surface area contributed by atoms with E-state index in [1.54, 1.807) is 28.8 Å². The van der Waals surface area contributed by atoms with Crippen molar-refractivity contribution in [2.45, 2.75) is 38.5 Å². The summed E-state index contributed by atoms with van der Waals surface area (Å²) < 4.78 is 34.6. The number of ether oxygens (including phenoxy) is 1. The number of rotatable bonds is 9. The number of benzene rings is 2. The third-order valence-electron chi connectivity index (χ3n) is 5.99. The van der Waals surface area contributed by atoms with Crippen LogP contribution in [0.1, 0.15) is 44.7 Å². The summed E-state index contributed by atoms with van der Waals surface area (Å²) in [5.41, 5.74) is -0.162. The lowest BCUT2D eigenvalue weighted by molar-refractivity contribution is 0.0925. The van der Waals surface area contributed by atoms with Crippen LogP contribution in [0.3, 0.4) is 0 Å². The van der Waals surface area contributed by atoms with Crippen molar-refractivity contribution in [3.8, 4) is 0 Å². The molecular weight excluding hydrogens is 468 g/mol. The van der Waals surface area contributed by atoms with Crippen molar-refractivity contribution in [1.29, 1.82) is 0 Å². The molecule has 1 fully saturated rings. The van der Waals surface area contributed by atoms with Crippen LogP contribution < -0.4 is 16.1 Å². The van der Waals surface area contributed by atoms with Crippen molar-refractivity contribution >= 4 is 11.8 Å². The van der Waals surface area contributed by atoms with E-state index in [9.17, 15) is 23.2 Å². The number of carbonyl (C=O) groups excluding carboxylic acids is 2. The molecule has 0 aliphatic carbocycles. The van der Waals surface area contributed by atoms with Crippen LogP contribution in [0.25, 0.3) is 0 Å². The quantitative estimate of drug-likeness (QED) is 0.477. The third-order valence-corrected chi connectivity index (χ3v) is 5.99. The molecule has 1 aliphatic heterocycles. The molecule has 3 aromatic rings. The highest BCUT2D eigenvalue weighted by atomic mass is 19.1. The van der Waals surface area contributed by atoms with Crippen LogP contribution in [0.15, 0.2) is 65.7 Å². The minimum Gasteiger partial charge on any atom is -0.376 e. The van der Waals surface area contributed by atoms with Gasteiger partial charge in [-0.25, -0.2) is 8.78 Å². The van der Waals surface area contributed by atoms with Gasteiger partial charge in [-0.3, -0.25) is 14.4 Å². The SMILES string of the molecule is O=C(NCCc1cccc(F)c1)c1cn(CC2CCCO2)cc(C(=O)NCc2ccccc2F)c1=O. The van der Waals surface area contributed by atoms with Crippen molar-refractivity contribution in [3.05, 3.63) is 105 Å². The molecule has 1 atom stereocenters. The minimum atomic E-state index is -0.729. The summed E-state index contributed by atoms with van der Waals surface area (Å²) in [5.74, 6) is -2.19. The van der Waals surface area contributed by atoms with Crippen molar-refractivity contribution in [1.82, 2.24) is 15.2 Å². The molecule has 0 bridgehead atoms. The van der Waals surface area contributed by atoms with Gasteiger partial charge in [-0.2, -0.15) is 0 Å². The van der Waals surface area contributed by atoms with E-state index in [2.05, 4.69) is 10.6 Å². The average Bonchev–Trinajstić information content (AvgIpc) is 3.37. The predicted molar refractivity (Wildman–Crippen MR) is 130 cm³/mol. The van der Waals surface area contributed by atoms with Crippen LogP contribution >= 0.6 is 0 Å². The van der Waals surface area contributed by atoms with Gasteiger partial charge in [-0.05, 0) is 43.0 Å². The molecule has 9 heteroatoms. The van der Waals surface area contributed by atoms with E-state index in [4.69, 9.17) is 4.74 Å². The lowest BCUT2D eigenvalue weighted by Gasteiger charge is -2.16. The average molecular weight is 496 g/mol. The zero-order valence-corrected chi connectivity index (χ0v) is 19.6. The van der Waals surface area contributed by atoms with Crippen LogP contribution in [0, 0.1) is 11.6 Å². The van der Waals surface area contributed by atoms with Crippen LogP contribution in [-0.2, 0) is 24.2 Å². The van der Waals surface area contributed by atoms with Gasteiger partial charge in [0, 0.05) is 44.2 Å². The van der Waals surface area contributed by atoms with Crippen molar-refractivity contribution in [2.75, 3.05) is 13.2 Å². The van der Waals surface area contributed by atoms with Gasteiger partial charge in [-0.1, -0.05) is 30.3 Å². The Balaban J connectivity index is 1.52. The number of carbonyl (C=O) groups is 2. The van der Waals surface area contributed by atoms with Gasteiger partial charge in [0.25, 0.3) is 11.8 Å². The van der Waals surface area contributed by atoms with Gasteiger partial charge in [0.05, 0.1) is 6.10 Å². The largest absolute Gasteiger partial charge is 0.376 e. The minimum absolute atomic E-state index is 0.0919. The van der Waals surface area contributed by atoms with Gasteiger partial charge in [0.1, 0.15) is 22.8 Å². The van der Waals surface area contributed by atoms with Crippen LogP contribution in [0.5, 0.6) is 0 Å². The molecular formula is C27H27F2N3O4. The Bertz CT molecular complexity index is 1300. The number of nitrogens with zero attached hydrogens (tertiary/aromatic N) is 1. The summed E-state index contributed by atoms with van der Waals surface area (Å²) in [6.07, 6.45) is 4.82. The molecule has 1 aromatic heterocycles. The molecule has 2 aromatic carbocycles. The Hall–Kier alpha value is -3.85. The number of amides is 2. The van der Waals surface area contributed by atoms with E-state index in [1.807, 2.05) is 0 Å². The van der Waals surface area contributed by atoms with Gasteiger partial charge >= 0.3 is 0 Å². The molecule has 1 aliphatic rings. The summed E-state index contributed by atoms with van der Waals surface area (Å²) >= 11 is 0. The van der Waals surface area contributed by atoms with E-state index < -0.39 is 23.1 Å². The second-order valence-electron chi connectivity index (χ2n) is 8.66. The second kappa shape index (κ2) is 11.7. The van der Waals surface area contributed by atoms with Crippen LogP contribution in [-0.4, -0.2) is 35.6 Å². The fourth-order valence-corrected chi connectivity index (χ4v) is 4.10. The number of pyridine rings is 1. The first-order chi connectivity index (χ1) is 17.4. The Kier molecular flexibility index (Phi) is 8.22. The van der Waals surface area contributed by atoms with E-state index in [0.29, 0.717) is 25.1 Å². The number of nitrogens with one attached hydrogen (secondary N) is 2. The maximum Gasteiger partial charge on any atom is 0.257 e. The van der Waals surface area contributed by atoms with Crippen molar-refractivity contribution < 1.29 is 23.1 Å². The predicted octanol–water partition coefficient (Wildman–Crippen LogP) is 3.21. The Morgan fingerprint density at radius 3 is 2.44 bits per heavy atom. The Morgan fingerprint density at radius 2 is 1.75 bits per heavy atom. The lowest BCUT2D eigenvalue weighted by atomic mass is 10.1. The number of hydrogen-bond acceptors (Lipinski definition) is 4. The van der Waals surface area contributed by atoms with Crippen molar-refractivity contribution in [3.63, 3.8) is 0 Å². The summed E-state index contributed by atoms with van der Waals surface area (Å²) in [4.78, 5) is 38.9. The highest BCUT2D eigenvalue weighted by molar-refractivity contribution is 5.99. The Morgan fingerprint density at radius 1 is 1.00 bits per heavy atom. The smallest absolute Gasteiger partial charge is 0.257 e. The monoisotopic (exact) mass is 495 g/mol. The van der Waals surface area contributed by atoms with E-state index in [-0.39, 0.29) is 41.7 Å².